The van der Waals surface area contributed by atoms with E-state index < -0.39 is 11.7 Å². The summed E-state index contributed by atoms with van der Waals surface area (Å²) in [7, 11) is 0. The van der Waals surface area contributed by atoms with Gasteiger partial charge in [-0.05, 0) is 64.2 Å². The molecule has 0 atom stereocenters. The normalized spacial score (nSPS) is 11.6. The molecule has 0 saturated heterocycles. The average molecular weight is 741 g/mol. The number of nitrogens with zero attached hydrogens (tertiary/aromatic N) is 1. The summed E-state index contributed by atoms with van der Waals surface area (Å²) in [5.74, 6) is -0.0625. The molecule has 3 nitrogen and oxygen atoms in total. The third-order valence-corrected chi connectivity index (χ3v) is 6.62. The van der Waals surface area contributed by atoms with Crippen LogP contribution in [-0.2, 0) is 31.1 Å². The molecule has 0 amide bonds. The Morgan fingerprint density at radius 2 is 1.48 bits per heavy atom. The predicted octanol–water partition coefficient (Wildman–Crippen LogP) is 9.73. The second-order valence-electron chi connectivity index (χ2n) is 9.66. The number of alkyl halides is 3. The van der Waals surface area contributed by atoms with Crippen LogP contribution >= 0.6 is 0 Å². The van der Waals surface area contributed by atoms with Gasteiger partial charge in [0.25, 0.3) is 0 Å². The minimum Gasteiger partial charge on any atom is -0.512 e. The summed E-state index contributed by atoms with van der Waals surface area (Å²) in [6.07, 6.45) is -1.66. The van der Waals surface area contributed by atoms with Crippen molar-refractivity contribution in [1.29, 1.82) is 0 Å². The number of allylic oxidation sites excluding steroid dienone is 2. The molecule has 1 aromatic heterocycles. The molecule has 6 aromatic rings. The van der Waals surface area contributed by atoms with E-state index in [4.69, 9.17) is 5.11 Å². The molecule has 0 aliphatic rings. The molecule has 0 unspecified atom stereocenters. The molecule has 0 bridgehead atoms. The van der Waals surface area contributed by atoms with Crippen molar-refractivity contribution >= 4 is 38.1 Å². The van der Waals surface area contributed by atoms with E-state index in [2.05, 4.69) is 41.4 Å². The van der Waals surface area contributed by atoms with Crippen molar-refractivity contribution in [2.24, 2.45) is 0 Å². The van der Waals surface area contributed by atoms with Crippen LogP contribution in [-0.4, -0.2) is 15.9 Å². The van der Waals surface area contributed by atoms with E-state index in [1.807, 2.05) is 36.4 Å². The Morgan fingerprint density at radius 1 is 0.786 bits per heavy atom. The molecule has 7 heteroatoms. The summed E-state index contributed by atoms with van der Waals surface area (Å²) in [5.41, 5.74) is 2.38. The van der Waals surface area contributed by atoms with Gasteiger partial charge in [0.05, 0.1) is 5.76 Å². The molecule has 0 saturated carbocycles. The zero-order valence-electron chi connectivity index (χ0n) is 22.7. The summed E-state index contributed by atoms with van der Waals surface area (Å²) in [5, 5.41) is 12.7. The number of fused-ring (bicyclic) bond motifs is 4. The van der Waals surface area contributed by atoms with E-state index in [9.17, 15) is 18.0 Å². The van der Waals surface area contributed by atoms with Crippen molar-refractivity contribution in [3.05, 3.63) is 127 Å². The van der Waals surface area contributed by atoms with Gasteiger partial charge in [-0.2, -0.15) is 13.2 Å². The molecule has 0 aliphatic heterocycles. The van der Waals surface area contributed by atoms with Gasteiger partial charge in [-0.3, -0.25) is 9.78 Å². The molecule has 0 aliphatic carbocycles. The summed E-state index contributed by atoms with van der Waals surface area (Å²) in [6.45, 7) is 2.85. The number of benzene rings is 5. The maximum absolute atomic E-state index is 13.9. The number of pyridine rings is 1. The molecule has 1 N–H and O–H groups in total. The molecule has 5 aromatic carbocycles. The van der Waals surface area contributed by atoms with Crippen LogP contribution in [0.3, 0.4) is 0 Å². The van der Waals surface area contributed by atoms with Gasteiger partial charge in [-0.15, -0.1) is 23.6 Å². The first-order valence-corrected chi connectivity index (χ1v) is 12.9. The summed E-state index contributed by atoms with van der Waals surface area (Å²) in [6, 6.07) is 33.0. The Balaban J connectivity index is 0.000000454. The second kappa shape index (κ2) is 12.7. The van der Waals surface area contributed by atoms with Gasteiger partial charge in [-0.25, -0.2) is 0 Å². The monoisotopic (exact) mass is 741 g/mol. The first kappa shape index (κ1) is 30.6. The zero-order valence-corrected chi connectivity index (χ0v) is 25.1. The van der Waals surface area contributed by atoms with E-state index in [1.165, 1.54) is 26.0 Å². The first-order valence-electron chi connectivity index (χ1n) is 12.9. The average Bonchev–Trinajstić information content (AvgIpc) is 2.95. The van der Waals surface area contributed by atoms with Gasteiger partial charge >= 0.3 is 6.18 Å². The van der Waals surface area contributed by atoms with Crippen LogP contribution in [0.4, 0.5) is 13.2 Å². The van der Waals surface area contributed by atoms with Crippen molar-refractivity contribution in [3.8, 4) is 22.4 Å². The van der Waals surface area contributed by atoms with E-state index >= 15 is 0 Å². The Bertz CT molecular complexity index is 1930. The molecule has 1 radical (unpaired) electrons. The Morgan fingerprint density at radius 3 is 2.14 bits per heavy atom. The zero-order chi connectivity index (χ0) is 29.1. The van der Waals surface area contributed by atoms with Gasteiger partial charge in [0, 0.05) is 38.1 Å². The topological polar surface area (TPSA) is 50.2 Å². The van der Waals surface area contributed by atoms with Crippen LogP contribution in [0.1, 0.15) is 19.4 Å². The SMILES string of the molecule is CC(=O)/C=C(/C)O.FC(F)(F)c1cc(-c2nccc3c2ccc2cc(-c4ccccc4)ccc23)[c-]c2ccccc12.[Ir]. The minimum atomic E-state index is -4.48. The second-order valence-corrected chi connectivity index (χ2v) is 9.66. The van der Waals surface area contributed by atoms with Gasteiger partial charge in [0.15, 0.2) is 5.78 Å². The molecule has 6 rings (SSSR count). The fourth-order valence-corrected chi connectivity index (χ4v) is 4.91. The van der Waals surface area contributed by atoms with Crippen molar-refractivity contribution in [1.82, 2.24) is 4.98 Å². The van der Waals surface area contributed by atoms with Gasteiger partial charge in [0.1, 0.15) is 0 Å². The molecule has 0 spiro atoms. The van der Waals surface area contributed by atoms with Crippen LogP contribution in [0.25, 0.3) is 54.7 Å². The number of carbonyl (C=O) groups excluding carboxylic acids is 1. The Labute approximate surface area is 254 Å². The number of rotatable bonds is 3. The van der Waals surface area contributed by atoms with E-state index in [-0.39, 0.29) is 37.0 Å². The first-order chi connectivity index (χ1) is 19.6. The summed E-state index contributed by atoms with van der Waals surface area (Å²) in [4.78, 5) is 14.5. The van der Waals surface area contributed by atoms with Crippen LogP contribution in [0.15, 0.2) is 115 Å². The standard InChI is InChI=1S/C30H17F3N.C5H8O2.Ir/c31-30(32,33)28-18-23(17-21-8-4-5-9-25(21)28)29-27-13-11-22-16-20(19-6-2-1-3-7-19)10-12-24(22)26(27)14-15-34-29;1-4(6)3-5(2)7;/h1-16,18H;3,6H,1-2H3;/q-1;;/b;4-3-;. The van der Waals surface area contributed by atoms with Gasteiger partial charge in [0.2, 0.25) is 0 Å². The number of halogens is 3. The maximum atomic E-state index is 13.9. The van der Waals surface area contributed by atoms with Crippen LogP contribution < -0.4 is 0 Å². The van der Waals surface area contributed by atoms with E-state index in [0.29, 0.717) is 16.6 Å². The number of hydrogen-bond acceptors (Lipinski definition) is 3. The number of hydrogen-bond donors (Lipinski definition) is 1. The fourth-order valence-electron chi connectivity index (χ4n) is 4.91. The number of aliphatic hydroxyl groups excluding tert-OH is 1. The molecule has 213 valence electrons. The van der Waals surface area contributed by atoms with Crippen molar-refractivity contribution in [3.63, 3.8) is 0 Å². The number of ketones is 1. The van der Waals surface area contributed by atoms with Crippen molar-refractivity contribution < 1.29 is 43.2 Å². The predicted molar refractivity (Wildman–Crippen MR) is 159 cm³/mol. The molecular weight excluding hydrogens is 716 g/mol. The van der Waals surface area contributed by atoms with Gasteiger partial charge in [-0.1, -0.05) is 83.7 Å². The molecular formula is C35H25F3IrNO2-. The van der Waals surface area contributed by atoms with E-state index in [1.54, 1.807) is 24.4 Å². The fraction of sp³-hybridized carbons (Fsp3) is 0.0857. The Hall–Kier alpha value is -4.32. The summed E-state index contributed by atoms with van der Waals surface area (Å²) < 4.78 is 41.6. The van der Waals surface area contributed by atoms with Crippen molar-refractivity contribution in [2.45, 2.75) is 20.0 Å². The molecule has 42 heavy (non-hydrogen) atoms. The summed E-state index contributed by atoms with van der Waals surface area (Å²) >= 11 is 0. The Kier molecular flexibility index (Phi) is 9.25. The van der Waals surface area contributed by atoms with Crippen molar-refractivity contribution in [2.75, 3.05) is 0 Å². The smallest absolute Gasteiger partial charge is 0.403 e. The third kappa shape index (κ3) is 6.59. The van der Waals surface area contributed by atoms with Crippen LogP contribution in [0.5, 0.6) is 0 Å². The van der Waals surface area contributed by atoms with Crippen LogP contribution in [0, 0.1) is 6.07 Å². The molecule has 1 heterocycles. The number of carbonyl (C=O) groups is 1. The number of aromatic nitrogens is 1. The van der Waals surface area contributed by atoms with Crippen LogP contribution in [0.2, 0.25) is 0 Å². The maximum Gasteiger partial charge on any atom is 0.403 e. The quantitative estimate of drug-likeness (QED) is 0.0851. The minimum absolute atomic E-state index is 0. The largest absolute Gasteiger partial charge is 0.512 e. The third-order valence-electron chi connectivity index (χ3n) is 6.62. The number of aliphatic hydroxyl groups is 1. The molecule has 0 fully saturated rings. The van der Waals surface area contributed by atoms with E-state index in [0.717, 1.165) is 38.7 Å². The van der Waals surface area contributed by atoms with Gasteiger partial charge < -0.3 is 5.11 Å².